The second-order valence-corrected chi connectivity index (χ2v) is 12.8. The molecule has 3 aromatic heterocycles. The van der Waals surface area contributed by atoms with Crippen LogP contribution < -0.4 is 0 Å². The summed E-state index contributed by atoms with van der Waals surface area (Å²) in [6.07, 6.45) is 8.31. The third kappa shape index (κ3) is 4.38. The quantitative estimate of drug-likeness (QED) is 0.285. The number of hydrogen-bond donors (Lipinski definition) is 2. The van der Waals surface area contributed by atoms with Gasteiger partial charge in [0.25, 0.3) is 0 Å². The highest BCUT2D eigenvalue weighted by molar-refractivity contribution is 5.79. The summed E-state index contributed by atoms with van der Waals surface area (Å²) >= 11 is 0. The van der Waals surface area contributed by atoms with Crippen molar-refractivity contribution in [1.82, 2.24) is 19.9 Å². The van der Waals surface area contributed by atoms with E-state index >= 15 is 0 Å². The summed E-state index contributed by atoms with van der Waals surface area (Å²) in [4.78, 5) is 18.7. The lowest BCUT2D eigenvalue weighted by atomic mass is 9.68. The lowest BCUT2D eigenvalue weighted by molar-refractivity contribution is 0.342. The molecule has 2 aliphatic rings. The van der Waals surface area contributed by atoms with E-state index in [2.05, 4.69) is 103 Å². The van der Waals surface area contributed by atoms with Gasteiger partial charge in [-0.1, -0.05) is 69.2 Å². The van der Waals surface area contributed by atoms with Crippen LogP contribution in [0.5, 0.6) is 0 Å². The number of H-pyrrole nitrogens is 2. The maximum Gasteiger partial charge on any atom is 0.0495 e. The standard InChI is InChI=1S/C38H54N4/c1-11-25-26(12-2)32-20-33-27(13-3)28(14-4)34(40-33)22-36-38(17-7,18-8)24(10)30(42-36)21-35-37(15-5,16-6)23(9)29(41-35)19-31(25)39-32/h19-24,39-40H,11-18H2,1-10H3. The molecule has 226 valence electrons. The Morgan fingerprint density at radius 2 is 0.833 bits per heavy atom. The van der Waals surface area contributed by atoms with Crippen LogP contribution in [0.15, 0.2) is 24.3 Å². The average molecular weight is 567 g/mol. The van der Waals surface area contributed by atoms with E-state index in [0.717, 1.165) is 51.4 Å². The summed E-state index contributed by atoms with van der Waals surface area (Å²) in [6, 6.07) is 9.56. The molecule has 2 atom stereocenters. The Labute approximate surface area is 254 Å². The van der Waals surface area contributed by atoms with E-state index in [9.17, 15) is 0 Å². The second-order valence-electron chi connectivity index (χ2n) is 12.8. The summed E-state index contributed by atoms with van der Waals surface area (Å²) in [7, 11) is 0. The minimum Gasteiger partial charge on any atom is -0.355 e. The molecule has 4 nitrogen and oxygen atoms in total. The topological polar surface area (TPSA) is 57.4 Å². The minimum atomic E-state index is 0.0239. The first kappa shape index (κ1) is 30.6. The first-order chi connectivity index (χ1) is 20.2. The highest BCUT2D eigenvalue weighted by atomic mass is 14.9. The molecule has 0 aliphatic carbocycles. The molecular formula is C38H54N4. The molecule has 0 aromatic carbocycles. The van der Waals surface area contributed by atoms with Gasteiger partial charge in [0.2, 0.25) is 0 Å². The molecule has 2 unspecified atom stereocenters. The summed E-state index contributed by atoms with van der Waals surface area (Å²) in [5.74, 6) is 0.687. The van der Waals surface area contributed by atoms with Crippen LogP contribution in [0.3, 0.4) is 0 Å². The summed E-state index contributed by atoms with van der Waals surface area (Å²) < 4.78 is 0. The van der Waals surface area contributed by atoms with Crippen molar-refractivity contribution in [3.8, 4) is 0 Å². The third-order valence-corrected chi connectivity index (χ3v) is 11.7. The van der Waals surface area contributed by atoms with Crippen LogP contribution >= 0.6 is 0 Å². The highest BCUT2D eigenvalue weighted by Gasteiger charge is 2.45. The highest BCUT2D eigenvalue weighted by Crippen LogP contribution is 2.50. The molecule has 4 heteroatoms. The van der Waals surface area contributed by atoms with Gasteiger partial charge in [-0.3, -0.25) is 9.97 Å². The summed E-state index contributed by atoms with van der Waals surface area (Å²) in [5.41, 5.74) is 15.5. The molecule has 2 N–H and O–H groups in total. The van der Waals surface area contributed by atoms with Crippen LogP contribution in [-0.4, -0.2) is 19.9 Å². The Balaban J connectivity index is 2.03. The van der Waals surface area contributed by atoms with Crippen LogP contribution in [0.25, 0.3) is 22.1 Å². The second kappa shape index (κ2) is 11.7. The van der Waals surface area contributed by atoms with Crippen molar-refractivity contribution in [3.05, 3.63) is 69.3 Å². The van der Waals surface area contributed by atoms with Crippen molar-refractivity contribution in [3.63, 3.8) is 0 Å². The van der Waals surface area contributed by atoms with Crippen molar-refractivity contribution in [2.45, 2.75) is 143 Å². The smallest absolute Gasteiger partial charge is 0.0495 e. The molecular weight excluding hydrogens is 512 g/mol. The Kier molecular flexibility index (Phi) is 8.49. The van der Waals surface area contributed by atoms with Gasteiger partial charge >= 0.3 is 0 Å². The zero-order valence-corrected chi connectivity index (χ0v) is 28.0. The van der Waals surface area contributed by atoms with Gasteiger partial charge in [0, 0.05) is 67.5 Å². The Morgan fingerprint density at radius 1 is 0.500 bits per heavy atom. The molecule has 8 bridgehead atoms. The third-order valence-electron chi connectivity index (χ3n) is 11.7. The Bertz CT molecular complexity index is 1610. The van der Waals surface area contributed by atoms with Crippen LogP contribution in [0.4, 0.5) is 0 Å². The molecule has 42 heavy (non-hydrogen) atoms. The molecule has 0 saturated carbocycles. The fraction of sp³-hybridized carbons (Fsp3) is 0.579. The average Bonchev–Trinajstić information content (AvgIpc) is 3.67. The van der Waals surface area contributed by atoms with Crippen LogP contribution in [0, 0.1) is 0 Å². The molecule has 0 fully saturated rings. The molecule has 0 amide bonds. The number of fused-ring (bicyclic) bond motifs is 8. The molecule has 5 rings (SSSR count). The van der Waals surface area contributed by atoms with E-state index < -0.39 is 0 Å². The van der Waals surface area contributed by atoms with Crippen LogP contribution in [-0.2, 0) is 36.5 Å². The van der Waals surface area contributed by atoms with E-state index in [1.165, 1.54) is 67.1 Å². The molecule has 0 radical (unpaired) electrons. The zero-order chi connectivity index (χ0) is 30.4. The minimum absolute atomic E-state index is 0.0239. The predicted octanol–water partition coefficient (Wildman–Crippen LogP) is 10.3. The van der Waals surface area contributed by atoms with Gasteiger partial charge in [0.15, 0.2) is 0 Å². The number of nitrogens with one attached hydrogen (secondary N) is 2. The monoisotopic (exact) mass is 566 g/mol. The van der Waals surface area contributed by atoms with Crippen molar-refractivity contribution in [1.29, 1.82) is 0 Å². The number of hydrogen-bond acceptors (Lipinski definition) is 2. The molecule has 0 saturated heterocycles. The van der Waals surface area contributed by atoms with E-state index in [1.807, 2.05) is 0 Å². The molecule has 3 aromatic rings. The van der Waals surface area contributed by atoms with Crippen LogP contribution in [0.1, 0.15) is 152 Å². The van der Waals surface area contributed by atoms with Gasteiger partial charge in [-0.2, -0.15) is 0 Å². The first-order valence-corrected chi connectivity index (χ1v) is 17.0. The van der Waals surface area contributed by atoms with Crippen LogP contribution in [0.2, 0.25) is 0 Å². The van der Waals surface area contributed by atoms with Crippen molar-refractivity contribution >= 4 is 22.1 Å². The van der Waals surface area contributed by atoms with Gasteiger partial charge in [0.1, 0.15) is 0 Å². The van der Waals surface area contributed by atoms with Crippen molar-refractivity contribution in [2.75, 3.05) is 0 Å². The van der Waals surface area contributed by atoms with Gasteiger partial charge in [-0.05, 0) is 97.9 Å². The van der Waals surface area contributed by atoms with E-state index in [1.54, 1.807) is 0 Å². The molecule has 2 aliphatic heterocycles. The SMILES string of the molecule is CCc1c(CC)c2cc3[nH]c(cc4nc(cc5nc(cc1[nH]2)C(C)C5(CC)CC)C(C)C4(CC)CC)c(CC)c3CC. The number of rotatable bonds is 8. The number of aromatic amines is 2. The zero-order valence-electron chi connectivity index (χ0n) is 28.0. The predicted molar refractivity (Wildman–Crippen MR) is 180 cm³/mol. The van der Waals surface area contributed by atoms with E-state index in [0.29, 0.717) is 11.8 Å². The van der Waals surface area contributed by atoms with E-state index in [-0.39, 0.29) is 10.8 Å². The number of aromatic nitrogens is 4. The fourth-order valence-corrected chi connectivity index (χ4v) is 8.74. The largest absolute Gasteiger partial charge is 0.355 e. The number of nitrogens with zero attached hydrogens (tertiary/aromatic N) is 2. The van der Waals surface area contributed by atoms with Gasteiger partial charge in [0.05, 0.1) is 0 Å². The van der Waals surface area contributed by atoms with Gasteiger partial charge in [-0.25, -0.2) is 0 Å². The first-order valence-electron chi connectivity index (χ1n) is 17.0. The van der Waals surface area contributed by atoms with Crippen molar-refractivity contribution < 1.29 is 0 Å². The molecule has 5 heterocycles. The lowest BCUT2D eigenvalue weighted by Gasteiger charge is -2.33. The Morgan fingerprint density at radius 3 is 1.21 bits per heavy atom. The van der Waals surface area contributed by atoms with E-state index in [4.69, 9.17) is 9.97 Å². The van der Waals surface area contributed by atoms with Gasteiger partial charge < -0.3 is 9.97 Å². The maximum absolute atomic E-state index is 5.49. The Hall–Kier alpha value is -2.88. The molecule has 0 spiro atoms. The summed E-state index contributed by atoms with van der Waals surface area (Å²) in [6.45, 7) is 23.3. The normalized spacial score (nSPS) is 19.4. The fourth-order valence-electron chi connectivity index (χ4n) is 8.74. The lowest BCUT2D eigenvalue weighted by Crippen LogP contribution is -2.28. The summed E-state index contributed by atoms with van der Waals surface area (Å²) in [5, 5.41) is 0. The van der Waals surface area contributed by atoms with Crippen molar-refractivity contribution in [2.24, 2.45) is 0 Å². The van der Waals surface area contributed by atoms with Gasteiger partial charge in [-0.15, -0.1) is 0 Å². The maximum atomic E-state index is 5.49. The number of aryl methyl sites for hydroxylation is 4.